The van der Waals surface area contributed by atoms with E-state index in [1.807, 2.05) is 29.0 Å². The van der Waals surface area contributed by atoms with Crippen molar-refractivity contribution in [3.8, 4) is 0 Å². The first-order valence-electron chi connectivity index (χ1n) is 10.2. The lowest BCUT2D eigenvalue weighted by molar-refractivity contribution is -0.138. The van der Waals surface area contributed by atoms with Crippen molar-refractivity contribution in [2.24, 2.45) is 0 Å². The lowest BCUT2D eigenvalue weighted by Gasteiger charge is -2.27. The number of para-hydroxylation sites is 1. The van der Waals surface area contributed by atoms with Gasteiger partial charge in [0.25, 0.3) is 0 Å². The first-order valence-corrected chi connectivity index (χ1v) is 10.2. The van der Waals surface area contributed by atoms with Gasteiger partial charge in [-0.2, -0.15) is 0 Å². The summed E-state index contributed by atoms with van der Waals surface area (Å²) >= 11 is 0. The van der Waals surface area contributed by atoms with Crippen LogP contribution in [-0.2, 0) is 4.79 Å². The van der Waals surface area contributed by atoms with Crippen LogP contribution in [0.4, 0.5) is 10.5 Å². The fraction of sp³-hybridized carbons (Fsp3) is 0.619. The number of carboxylic acids is 1. The lowest BCUT2D eigenvalue weighted by Crippen LogP contribution is -2.44. The molecule has 1 atom stereocenters. The molecule has 1 aliphatic rings. The van der Waals surface area contributed by atoms with Crippen molar-refractivity contribution < 1.29 is 14.7 Å². The van der Waals surface area contributed by atoms with Gasteiger partial charge in [0, 0.05) is 44.5 Å². The molecule has 0 aliphatic carbocycles. The number of nitrogens with one attached hydrogen (secondary N) is 1. The van der Waals surface area contributed by atoms with Gasteiger partial charge in [-0.15, -0.1) is 0 Å². The number of aryl methyl sites for hydroxylation is 1. The number of anilines is 1. The average Bonchev–Trinajstić information content (AvgIpc) is 2.92. The summed E-state index contributed by atoms with van der Waals surface area (Å²) in [6.45, 7) is 7.91. The summed E-state index contributed by atoms with van der Waals surface area (Å²) in [4.78, 5) is 29.5. The highest BCUT2D eigenvalue weighted by atomic mass is 16.4. The largest absolute Gasteiger partial charge is 0.480 e. The number of carbonyl (C=O) groups excluding carboxylic acids is 1. The standard InChI is InChI=1S/C21H34N4O3/c1-4-24(19-10-6-5-8-17(19)2)15-12-22-21(28)25-13-7-9-18(11-14-25)23(3)16-20(26)27/h5-6,8,10,18H,4,7,9,11-16H2,1-3H3,(H,22,28)(H,26,27). The summed E-state index contributed by atoms with van der Waals surface area (Å²) in [5.41, 5.74) is 2.44. The number of urea groups is 1. The van der Waals surface area contributed by atoms with Crippen LogP contribution in [0.15, 0.2) is 24.3 Å². The molecule has 0 bridgehead atoms. The van der Waals surface area contributed by atoms with Crippen LogP contribution in [-0.4, -0.2) is 79.3 Å². The Morgan fingerprint density at radius 1 is 1.25 bits per heavy atom. The SMILES string of the molecule is CCN(CCNC(=O)N1CCCC(N(C)CC(=O)O)CC1)c1ccccc1C. The van der Waals surface area contributed by atoms with Gasteiger partial charge in [-0.3, -0.25) is 9.69 Å². The molecule has 0 radical (unpaired) electrons. The van der Waals surface area contributed by atoms with E-state index >= 15 is 0 Å². The quantitative estimate of drug-likeness (QED) is 0.713. The van der Waals surface area contributed by atoms with E-state index in [1.54, 1.807) is 0 Å². The van der Waals surface area contributed by atoms with Crippen molar-refractivity contribution in [1.82, 2.24) is 15.1 Å². The second kappa shape index (κ2) is 10.9. The van der Waals surface area contributed by atoms with Crippen LogP contribution in [0, 0.1) is 6.92 Å². The molecule has 156 valence electrons. The molecule has 1 saturated heterocycles. The minimum absolute atomic E-state index is 0.0256. The maximum absolute atomic E-state index is 12.6. The molecule has 28 heavy (non-hydrogen) atoms. The van der Waals surface area contributed by atoms with E-state index < -0.39 is 5.97 Å². The van der Waals surface area contributed by atoms with Crippen LogP contribution in [0.25, 0.3) is 0 Å². The Labute approximate surface area is 168 Å². The summed E-state index contributed by atoms with van der Waals surface area (Å²) in [6.07, 6.45) is 2.62. The number of benzene rings is 1. The van der Waals surface area contributed by atoms with Crippen molar-refractivity contribution in [3.05, 3.63) is 29.8 Å². The van der Waals surface area contributed by atoms with Gasteiger partial charge in [0.05, 0.1) is 6.54 Å². The normalized spacial score (nSPS) is 17.3. The fourth-order valence-corrected chi connectivity index (χ4v) is 3.84. The van der Waals surface area contributed by atoms with Crippen LogP contribution in [0.3, 0.4) is 0 Å². The second-order valence-corrected chi connectivity index (χ2v) is 7.48. The first-order chi connectivity index (χ1) is 13.4. The molecule has 2 amide bonds. The first kappa shape index (κ1) is 22.0. The molecule has 1 unspecified atom stereocenters. The fourth-order valence-electron chi connectivity index (χ4n) is 3.84. The van der Waals surface area contributed by atoms with E-state index in [-0.39, 0.29) is 18.6 Å². The Hall–Kier alpha value is -2.28. The van der Waals surface area contributed by atoms with Gasteiger partial charge < -0.3 is 20.2 Å². The third-order valence-corrected chi connectivity index (χ3v) is 5.49. The number of carbonyl (C=O) groups is 2. The van der Waals surface area contributed by atoms with E-state index in [9.17, 15) is 9.59 Å². The molecule has 0 saturated carbocycles. The molecule has 7 nitrogen and oxygen atoms in total. The van der Waals surface area contributed by atoms with Crippen molar-refractivity contribution in [1.29, 1.82) is 0 Å². The zero-order chi connectivity index (χ0) is 20.5. The Morgan fingerprint density at radius 2 is 2.00 bits per heavy atom. The van der Waals surface area contributed by atoms with E-state index in [0.29, 0.717) is 13.1 Å². The highest BCUT2D eigenvalue weighted by Crippen LogP contribution is 2.19. The predicted octanol–water partition coefficient (Wildman–Crippen LogP) is 2.40. The number of hydrogen-bond acceptors (Lipinski definition) is 4. The van der Waals surface area contributed by atoms with Gasteiger partial charge >= 0.3 is 12.0 Å². The number of rotatable bonds is 8. The molecule has 1 aliphatic heterocycles. The molecule has 7 heteroatoms. The Bertz CT molecular complexity index is 652. The van der Waals surface area contributed by atoms with Crippen LogP contribution in [0.5, 0.6) is 0 Å². The topological polar surface area (TPSA) is 76.1 Å². The third-order valence-electron chi connectivity index (χ3n) is 5.49. The average molecular weight is 391 g/mol. The minimum Gasteiger partial charge on any atom is -0.480 e. The van der Waals surface area contributed by atoms with Crippen molar-refractivity contribution in [2.75, 3.05) is 51.2 Å². The molecular weight excluding hydrogens is 356 g/mol. The second-order valence-electron chi connectivity index (χ2n) is 7.48. The van der Waals surface area contributed by atoms with Crippen molar-refractivity contribution in [3.63, 3.8) is 0 Å². The Morgan fingerprint density at radius 3 is 2.68 bits per heavy atom. The molecule has 1 heterocycles. The molecule has 1 aromatic carbocycles. The predicted molar refractivity (Wildman–Crippen MR) is 112 cm³/mol. The maximum Gasteiger partial charge on any atom is 0.317 e. The zero-order valence-corrected chi connectivity index (χ0v) is 17.4. The summed E-state index contributed by atoms with van der Waals surface area (Å²) in [5.74, 6) is -0.810. The molecule has 0 spiro atoms. The third kappa shape index (κ3) is 6.41. The monoisotopic (exact) mass is 390 g/mol. The van der Waals surface area contributed by atoms with Gasteiger partial charge in [-0.1, -0.05) is 18.2 Å². The van der Waals surface area contributed by atoms with E-state index in [1.165, 1.54) is 11.3 Å². The highest BCUT2D eigenvalue weighted by molar-refractivity contribution is 5.74. The summed E-state index contributed by atoms with van der Waals surface area (Å²) in [7, 11) is 1.85. The molecule has 2 rings (SSSR count). The smallest absolute Gasteiger partial charge is 0.317 e. The summed E-state index contributed by atoms with van der Waals surface area (Å²) in [6, 6.07) is 8.48. The van der Waals surface area contributed by atoms with Gasteiger partial charge in [0.15, 0.2) is 0 Å². The van der Waals surface area contributed by atoms with Crippen LogP contribution in [0.2, 0.25) is 0 Å². The van der Waals surface area contributed by atoms with E-state index in [4.69, 9.17) is 5.11 Å². The number of amides is 2. The lowest BCUT2D eigenvalue weighted by atomic mass is 10.1. The van der Waals surface area contributed by atoms with E-state index in [0.717, 1.165) is 38.9 Å². The number of hydrogen-bond donors (Lipinski definition) is 2. The van der Waals surface area contributed by atoms with Gasteiger partial charge in [-0.05, 0) is 51.8 Å². The number of likely N-dealkylation sites (tertiary alicyclic amines) is 1. The summed E-state index contributed by atoms with van der Waals surface area (Å²) < 4.78 is 0. The van der Waals surface area contributed by atoms with E-state index in [2.05, 4.69) is 36.2 Å². The van der Waals surface area contributed by atoms with Crippen LogP contribution >= 0.6 is 0 Å². The Kier molecular flexibility index (Phi) is 8.57. The maximum atomic E-state index is 12.6. The van der Waals surface area contributed by atoms with Crippen LogP contribution in [0.1, 0.15) is 31.7 Å². The number of carboxylic acid groups (broad SMARTS) is 1. The Balaban J connectivity index is 1.79. The van der Waals surface area contributed by atoms with Crippen molar-refractivity contribution >= 4 is 17.7 Å². The van der Waals surface area contributed by atoms with Gasteiger partial charge in [0.1, 0.15) is 0 Å². The van der Waals surface area contributed by atoms with Gasteiger partial charge in [-0.25, -0.2) is 4.79 Å². The summed E-state index contributed by atoms with van der Waals surface area (Å²) in [5, 5.41) is 12.0. The minimum atomic E-state index is -0.810. The van der Waals surface area contributed by atoms with Gasteiger partial charge in [0.2, 0.25) is 0 Å². The molecule has 1 fully saturated rings. The number of aliphatic carboxylic acids is 1. The molecular formula is C21H34N4O3. The molecule has 1 aromatic rings. The molecule has 0 aromatic heterocycles. The zero-order valence-electron chi connectivity index (χ0n) is 17.4. The highest BCUT2D eigenvalue weighted by Gasteiger charge is 2.23. The van der Waals surface area contributed by atoms with Crippen molar-refractivity contribution in [2.45, 2.75) is 39.2 Å². The number of likely N-dealkylation sites (N-methyl/N-ethyl adjacent to an activating group) is 2. The van der Waals surface area contributed by atoms with Crippen LogP contribution < -0.4 is 10.2 Å². The number of nitrogens with zero attached hydrogens (tertiary/aromatic N) is 3. The molecule has 2 N–H and O–H groups in total.